The lowest BCUT2D eigenvalue weighted by Gasteiger charge is -2.62. The first-order valence-electron chi connectivity index (χ1n) is 14.1. The third-order valence-electron chi connectivity index (χ3n) is 10.8. The van der Waals surface area contributed by atoms with Gasteiger partial charge in [0.15, 0.2) is 0 Å². The quantitative estimate of drug-likeness (QED) is 0.370. The number of benzene rings is 1. The number of rotatable bonds is 5. The first-order chi connectivity index (χ1) is 17.5. The Kier molecular flexibility index (Phi) is 6.87. The third-order valence-corrected chi connectivity index (χ3v) is 12.2. The van der Waals surface area contributed by atoms with Crippen LogP contribution in [0.15, 0.2) is 29.2 Å². The van der Waals surface area contributed by atoms with Crippen molar-refractivity contribution in [1.29, 1.82) is 0 Å². The number of allylic oxidation sites excluding steroid dienone is 1. The molecule has 6 atom stereocenters. The highest BCUT2D eigenvalue weighted by molar-refractivity contribution is 7.89. The summed E-state index contributed by atoms with van der Waals surface area (Å²) in [5.74, 6) is 3.19. The summed E-state index contributed by atoms with van der Waals surface area (Å²) in [7, 11) is -3.84. The van der Waals surface area contributed by atoms with Crippen molar-refractivity contribution < 1.29 is 18.0 Å². The molecule has 0 radical (unpaired) electrons. The van der Waals surface area contributed by atoms with E-state index < -0.39 is 15.8 Å². The second-order valence-electron chi connectivity index (χ2n) is 13.0. The highest BCUT2D eigenvalue weighted by Gasteiger charge is 2.57. The van der Waals surface area contributed by atoms with Crippen molar-refractivity contribution in [3.63, 3.8) is 0 Å². The number of ketones is 1. The molecule has 5 rings (SSSR count). The van der Waals surface area contributed by atoms with Gasteiger partial charge in [0, 0.05) is 23.7 Å². The zero-order valence-electron chi connectivity index (χ0n) is 22.7. The molecule has 7 heteroatoms. The van der Waals surface area contributed by atoms with Gasteiger partial charge in [-0.25, -0.2) is 13.1 Å². The number of carbonyl (C=O) groups is 1. The summed E-state index contributed by atoms with van der Waals surface area (Å²) in [4.78, 5) is 15.7. The third kappa shape index (κ3) is 4.47. The lowest BCUT2D eigenvalue weighted by molar-refractivity contribution is -0.120. The van der Waals surface area contributed by atoms with Gasteiger partial charge >= 0.3 is 5.71 Å². The normalized spacial score (nSPS) is 35.5. The van der Waals surface area contributed by atoms with Gasteiger partial charge in [0.2, 0.25) is 10.0 Å². The summed E-state index contributed by atoms with van der Waals surface area (Å²) in [5, 5.41) is 0. The molecule has 1 N–H and O–H groups in total. The average Bonchev–Trinajstić information content (AvgIpc) is 2.87. The molecule has 0 spiro atoms. The molecule has 200 valence electrons. The van der Waals surface area contributed by atoms with E-state index in [1.165, 1.54) is 44.6 Å². The van der Waals surface area contributed by atoms with Crippen LogP contribution in [0.25, 0.3) is 11.6 Å². The molecular formula is C30H41N3O3S. The predicted octanol–water partition coefficient (Wildman–Crippen LogP) is 6.14. The van der Waals surface area contributed by atoms with Crippen molar-refractivity contribution in [1.82, 2.24) is 4.72 Å². The van der Waals surface area contributed by atoms with Crippen LogP contribution in [-0.4, -0.2) is 31.2 Å². The monoisotopic (exact) mass is 523 g/mol. The number of nitrogens with one attached hydrogen (secondary N) is 1. The zero-order valence-corrected chi connectivity index (χ0v) is 23.5. The van der Waals surface area contributed by atoms with Crippen LogP contribution in [0, 0.1) is 40.4 Å². The van der Waals surface area contributed by atoms with E-state index in [4.69, 9.17) is 5.53 Å². The maximum Gasteiger partial charge on any atom is 0.362 e. The topological polar surface area (TPSA) is 99.6 Å². The molecule has 0 aromatic heterocycles. The van der Waals surface area contributed by atoms with Gasteiger partial charge in [0.05, 0.1) is 4.90 Å². The van der Waals surface area contributed by atoms with Crippen molar-refractivity contribution in [2.75, 3.05) is 6.54 Å². The average molecular weight is 524 g/mol. The summed E-state index contributed by atoms with van der Waals surface area (Å²) in [6.45, 7) is 9.96. The largest absolute Gasteiger partial charge is 0.362 e. The molecule has 0 saturated heterocycles. The highest BCUT2D eigenvalue weighted by atomic mass is 32.2. The Hall–Kier alpha value is -2.08. The Morgan fingerprint density at radius 2 is 1.89 bits per heavy atom. The molecule has 0 aliphatic heterocycles. The lowest BCUT2D eigenvalue weighted by atomic mass is 9.43. The second-order valence-corrected chi connectivity index (χ2v) is 14.8. The number of carbonyl (C=O) groups excluding carboxylic acids is 1. The van der Waals surface area contributed by atoms with E-state index in [0.29, 0.717) is 18.0 Å². The maximum absolute atomic E-state index is 13.6. The minimum atomic E-state index is -3.84. The van der Waals surface area contributed by atoms with Gasteiger partial charge in [-0.2, -0.15) is 4.79 Å². The molecule has 3 unspecified atom stereocenters. The highest BCUT2D eigenvalue weighted by Crippen LogP contribution is 2.64. The fraction of sp³-hybridized carbons (Fsp3) is 0.667. The van der Waals surface area contributed by atoms with Crippen molar-refractivity contribution in [3.8, 4) is 0 Å². The Bertz CT molecular complexity index is 1280. The number of fused-ring (bicyclic) bond motifs is 4. The van der Waals surface area contributed by atoms with Gasteiger partial charge in [-0.3, -0.25) is 4.79 Å². The molecule has 37 heavy (non-hydrogen) atoms. The van der Waals surface area contributed by atoms with Gasteiger partial charge in [0.25, 0.3) is 5.78 Å². The van der Waals surface area contributed by atoms with Crippen LogP contribution >= 0.6 is 0 Å². The number of hydrogen-bond donors (Lipinski definition) is 1. The van der Waals surface area contributed by atoms with Crippen LogP contribution in [-0.2, 0) is 10.0 Å². The standard InChI is InChI=1S/C30H41N3O3S/c1-19(2)20-9-12-24-21(17-20)10-14-27-29(3,15-6-16-30(24,27)4)18-32-37(35,36)26-8-5-7-23-22(26)11-13-25(33-31)28(23)34/h5,7-8,11,13,19-21,24,27,32H,6,9-10,12,14-18H2,1-4H3/t20?,21?,24-,27?,29-,30-/m1/s1. The zero-order chi connectivity index (χ0) is 26.6. The van der Waals surface area contributed by atoms with Gasteiger partial charge in [-0.15, -0.1) is 0 Å². The summed E-state index contributed by atoms with van der Waals surface area (Å²) in [6, 6.07) is 4.70. The number of Topliss-reactive ketones (excluding diaryl/α,β-unsaturated/α-hetero) is 1. The Morgan fingerprint density at radius 1 is 1.11 bits per heavy atom. The van der Waals surface area contributed by atoms with E-state index in [1.807, 2.05) is 0 Å². The minimum absolute atomic E-state index is 0.0953. The molecule has 4 aliphatic rings. The number of nitrogens with zero attached hydrogens (tertiary/aromatic N) is 2. The van der Waals surface area contributed by atoms with E-state index in [9.17, 15) is 13.2 Å². The molecule has 0 bridgehead atoms. The molecule has 3 fully saturated rings. The molecule has 1 aromatic rings. The molecule has 0 heterocycles. The van der Waals surface area contributed by atoms with E-state index >= 15 is 0 Å². The van der Waals surface area contributed by atoms with E-state index in [0.717, 1.165) is 36.5 Å². The van der Waals surface area contributed by atoms with Gasteiger partial charge in [0.1, 0.15) is 0 Å². The van der Waals surface area contributed by atoms with E-state index in [1.54, 1.807) is 24.3 Å². The van der Waals surface area contributed by atoms with Crippen LogP contribution in [0.1, 0.15) is 95.0 Å². The van der Waals surface area contributed by atoms with E-state index in [-0.39, 0.29) is 27.0 Å². The van der Waals surface area contributed by atoms with Gasteiger partial charge in [-0.05, 0) is 97.5 Å². The van der Waals surface area contributed by atoms with Gasteiger partial charge in [-0.1, -0.05) is 46.2 Å². The molecule has 6 nitrogen and oxygen atoms in total. The molecule has 4 aliphatic carbocycles. The maximum atomic E-state index is 13.6. The first kappa shape index (κ1) is 26.5. The Labute approximate surface area is 222 Å². The predicted molar refractivity (Wildman–Crippen MR) is 146 cm³/mol. The van der Waals surface area contributed by atoms with Crippen molar-refractivity contribution in [2.24, 2.45) is 40.4 Å². The van der Waals surface area contributed by atoms with Crippen LogP contribution in [0.4, 0.5) is 0 Å². The first-order valence-corrected chi connectivity index (χ1v) is 15.6. The minimum Gasteiger partial charge on any atom is -0.361 e. The van der Waals surface area contributed by atoms with Gasteiger partial charge < -0.3 is 5.53 Å². The van der Waals surface area contributed by atoms with E-state index in [2.05, 4.69) is 37.2 Å². The summed E-state index contributed by atoms with van der Waals surface area (Å²) >= 11 is 0. The fourth-order valence-electron chi connectivity index (χ4n) is 8.77. The second kappa shape index (κ2) is 9.59. The molecular weight excluding hydrogens is 482 g/mol. The molecule has 1 aromatic carbocycles. The van der Waals surface area contributed by atoms with Crippen molar-refractivity contribution in [3.05, 3.63) is 40.9 Å². The van der Waals surface area contributed by atoms with Crippen LogP contribution in [0.5, 0.6) is 0 Å². The summed E-state index contributed by atoms with van der Waals surface area (Å²) < 4.78 is 30.1. The summed E-state index contributed by atoms with van der Waals surface area (Å²) in [5.41, 5.74) is 9.75. The Balaban J connectivity index is 1.37. The number of sulfonamides is 1. The number of hydrogen-bond acceptors (Lipinski definition) is 3. The SMILES string of the molecule is CC(C)C1CC[C@@H]2C(CCC3[C@@](C)(CNS(=O)(=O)c4cccc5c4C=CC(=[N+]=[N-])C5=O)CCC[C@@]32C)C1. The van der Waals surface area contributed by atoms with Crippen LogP contribution < -0.4 is 4.72 Å². The summed E-state index contributed by atoms with van der Waals surface area (Å²) in [6.07, 6.45) is 12.8. The molecule has 0 amide bonds. The Morgan fingerprint density at radius 3 is 2.62 bits per heavy atom. The van der Waals surface area contributed by atoms with Crippen molar-refractivity contribution >= 4 is 27.6 Å². The lowest BCUT2D eigenvalue weighted by Crippen LogP contribution is -2.56. The molecule has 3 saturated carbocycles. The fourth-order valence-corrected chi connectivity index (χ4v) is 10.2. The smallest absolute Gasteiger partial charge is 0.361 e. The van der Waals surface area contributed by atoms with Crippen LogP contribution in [0.3, 0.4) is 0 Å². The van der Waals surface area contributed by atoms with Crippen LogP contribution in [0.2, 0.25) is 0 Å². The van der Waals surface area contributed by atoms with Crippen molar-refractivity contribution in [2.45, 2.75) is 84.0 Å².